The molecule has 2 heterocycles. The lowest BCUT2D eigenvalue weighted by molar-refractivity contribution is -0.384. The van der Waals surface area contributed by atoms with Gasteiger partial charge in [-0.3, -0.25) is 14.9 Å². The summed E-state index contributed by atoms with van der Waals surface area (Å²) < 4.78 is 0. The van der Waals surface area contributed by atoms with Crippen molar-refractivity contribution >= 4 is 40.7 Å². The second-order valence-corrected chi connectivity index (χ2v) is 6.48. The number of benzene rings is 1. The summed E-state index contributed by atoms with van der Waals surface area (Å²) in [6.45, 7) is 0. The zero-order valence-electron chi connectivity index (χ0n) is 13.4. The van der Waals surface area contributed by atoms with Crippen LogP contribution in [0.1, 0.15) is 16.1 Å². The van der Waals surface area contributed by atoms with E-state index in [1.807, 2.05) is 11.4 Å². The molecule has 0 atom stereocenters. The second kappa shape index (κ2) is 7.89. The highest BCUT2D eigenvalue weighted by Crippen LogP contribution is 2.24. The topological polar surface area (TPSA) is 130 Å². The molecule has 0 fully saturated rings. The van der Waals surface area contributed by atoms with Crippen LogP contribution in [0.5, 0.6) is 0 Å². The Hall–Kier alpha value is -3.37. The van der Waals surface area contributed by atoms with E-state index in [0.717, 1.165) is 4.88 Å². The summed E-state index contributed by atoms with van der Waals surface area (Å²) in [5.74, 6) is -0.696. The fraction of sp³-hybridized carbons (Fsp3) is 0. The van der Waals surface area contributed by atoms with Crippen LogP contribution in [0.25, 0.3) is 10.6 Å². The number of H-pyrrole nitrogens is 1. The maximum atomic E-state index is 12.2. The average Bonchev–Trinajstić information content (AvgIpc) is 3.17. The molecular weight excluding hydrogens is 394 g/mol. The minimum Gasteiger partial charge on any atom is -0.305 e. The number of aromatic nitrogens is 2. The molecule has 0 aliphatic heterocycles. The predicted octanol–water partition coefficient (Wildman–Crippen LogP) is 2.82. The highest BCUT2D eigenvalue weighted by atomic mass is 35.5. The summed E-state index contributed by atoms with van der Waals surface area (Å²) in [5.41, 5.74) is 2.01. The Morgan fingerprint density at radius 3 is 2.89 bits per heavy atom. The largest absolute Gasteiger partial charge is 0.346 e. The van der Waals surface area contributed by atoms with E-state index in [-0.39, 0.29) is 16.4 Å². The fourth-order valence-corrected chi connectivity index (χ4v) is 3.00. The Balaban J connectivity index is 1.77. The molecule has 0 bridgehead atoms. The first kappa shape index (κ1) is 18.4. The molecule has 1 aromatic carbocycles. The van der Waals surface area contributed by atoms with Gasteiger partial charge in [0.25, 0.3) is 11.6 Å². The number of hydrogen-bond acceptors (Lipinski definition) is 7. The average molecular weight is 404 g/mol. The summed E-state index contributed by atoms with van der Waals surface area (Å²) in [4.78, 5) is 41.1. The van der Waals surface area contributed by atoms with Gasteiger partial charge in [-0.1, -0.05) is 23.7 Å². The molecule has 0 saturated carbocycles. The van der Waals surface area contributed by atoms with Crippen molar-refractivity contribution < 1.29 is 9.72 Å². The van der Waals surface area contributed by atoms with Crippen LogP contribution in [-0.4, -0.2) is 27.0 Å². The van der Waals surface area contributed by atoms with E-state index in [0.29, 0.717) is 11.3 Å². The zero-order chi connectivity index (χ0) is 19.4. The standard InChI is InChI=1S/C16H10ClN5O4S/c17-10-4-3-9(6-13(10)22(25)26)8-18-21-15(23)12-7-11(19-16(24)20-12)14-2-1-5-27-14/h1-8H,(H,21,23)(H,19,20,24)/b18-8+. The smallest absolute Gasteiger partial charge is 0.305 e. The van der Waals surface area contributed by atoms with Crippen LogP contribution in [0, 0.1) is 10.1 Å². The van der Waals surface area contributed by atoms with Crippen molar-refractivity contribution in [1.29, 1.82) is 0 Å². The third kappa shape index (κ3) is 4.43. The third-order valence-electron chi connectivity index (χ3n) is 3.31. The lowest BCUT2D eigenvalue weighted by Gasteiger charge is -2.02. The highest BCUT2D eigenvalue weighted by molar-refractivity contribution is 7.13. The number of nitrogens with one attached hydrogen (secondary N) is 2. The number of nitro benzene ring substituents is 1. The first-order valence-electron chi connectivity index (χ1n) is 7.36. The zero-order valence-corrected chi connectivity index (χ0v) is 15.0. The number of amides is 1. The quantitative estimate of drug-likeness (QED) is 0.384. The van der Waals surface area contributed by atoms with Gasteiger partial charge in [-0.2, -0.15) is 10.1 Å². The minimum atomic E-state index is -0.696. The maximum absolute atomic E-state index is 12.2. The number of hydrogen-bond donors (Lipinski definition) is 2. The van der Waals surface area contributed by atoms with Gasteiger partial charge in [-0.15, -0.1) is 11.3 Å². The van der Waals surface area contributed by atoms with Crippen molar-refractivity contribution in [2.24, 2.45) is 5.10 Å². The first-order chi connectivity index (χ1) is 12.9. The molecule has 136 valence electrons. The molecule has 3 rings (SSSR count). The van der Waals surface area contributed by atoms with E-state index in [4.69, 9.17) is 11.6 Å². The van der Waals surface area contributed by atoms with Crippen molar-refractivity contribution in [3.63, 3.8) is 0 Å². The first-order valence-corrected chi connectivity index (χ1v) is 8.62. The van der Waals surface area contributed by atoms with Crippen LogP contribution in [0.3, 0.4) is 0 Å². The van der Waals surface area contributed by atoms with Gasteiger partial charge in [0.05, 0.1) is 21.7 Å². The van der Waals surface area contributed by atoms with Crippen molar-refractivity contribution in [3.8, 4) is 10.6 Å². The molecule has 0 aliphatic carbocycles. The SMILES string of the molecule is O=C(N/N=C/c1ccc(Cl)c([N+](=O)[O-])c1)c1cc(-c2cccs2)[nH]c(=O)n1. The fourth-order valence-electron chi connectivity index (χ4n) is 2.11. The van der Waals surface area contributed by atoms with Gasteiger partial charge in [0, 0.05) is 11.6 Å². The molecule has 2 N–H and O–H groups in total. The summed E-state index contributed by atoms with van der Waals surface area (Å²) in [6.07, 6.45) is 1.22. The van der Waals surface area contributed by atoms with E-state index in [9.17, 15) is 19.7 Å². The van der Waals surface area contributed by atoms with Gasteiger partial charge in [-0.05, 0) is 23.6 Å². The predicted molar refractivity (Wildman–Crippen MR) is 101 cm³/mol. The molecule has 11 heteroatoms. The Labute approximate surface area is 160 Å². The van der Waals surface area contributed by atoms with Crippen molar-refractivity contribution in [2.45, 2.75) is 0 Å². The Kier molecular flexibility index (Phi) is 5.38. The monoisotopic (exact) mass is 403 g/mol. The molecule has 27 heavy (non-hydrogen) atoms. The number of nitro groups is 1. The van der Waals surface area contributed by atoms with Crippen LogP contribution in [0.2, 0.25) is 5.02 Å². The number of halogens is 1. The van der Waals surface area contributed by atoms with Crippen molar-refractivity contribution in [3.05, 3.63) is 78.7 Å². The molecule has 0 saturated heterocycles. The van der Waals surface area contributed by atoms with E-state index in [2.05, 4.69) is 20.5 Å². The molecule has 2 aromatic heterocycles. The molecular formula is C16H10ClN5O4S. The van der Waals surface area contributed by atoms with Gasteiger partial charge in [0.2, 0.25) is 0 Å². The van der Waals surface area contributed by atoms with Gasteiger partial charge in [-0.25, -0.2) is 10.2 Å². The van der Waals surface area contributed by atoms with Crippen LogP contribution in [0.4, 0.5) is 5.69 Å². The number of rotatable bonds is 5. The summed E-state index contributed by atoms with van der Waals surface area (Å²) >= 11 is 7.13. The molecule has 0 aliphatic rings. The normalized spacial score (nSPS) is 10.9. The maximum Gasteiger partial charge on any atom is 0.346 e. The second-order valence-electron chi connectivity index (χ2n) is 5.13. The lowest BCUT2D eigenvalue weighted by atomic mass is 10.2. The van der Waals surface area contributed by atoms with Crippen LogP contribution in [0.15, 0.2) is 51.7 Å². The van der Waals surface area contributed by atoms with Crippen LogP contribution in [-0.2, 0) is 0 Å². The molecule has 0 spiro atoms. The summed E-state index contributed by atoms with van der Waals surface area (Å²) in [6, 6.07) is 9.13. The molecule has 1 amide bonds. The molecule has 9 nitrogen and oxygen atoms in total. The molecule has 0 radical (unpaired) electrons. The highest BCUT2D eigenvalue weighted by Gasteiger charge is 2.13. The lowest BCUT2D eigenvalue weighted by Crippen LogP contribution is -2.24. The van der Waals surface area contributed by atoms with Gasteiger partial charge < -0.3 is 4.98 Å². The van der Waals surface area contributed by atoms with Crippen molar-refractivity contribution in [2.75, 3.05) is 0 Å². The number of aromatic amines is 1. The van der Waals surface area contributed by atoms with Crippen LogP contribution < -0.4 is 11.1 Å². The number of nitrogens with zero attached hydrogens (tertiary/aromatic N) is 3. The van der Waals surface area contributed by atoms with E-state index < -0.39 is 16.5 Å². The molecule has 0 unspecified atom stereocenters. The Morgan fingerprint density at radius 2 is 2.19 bits per heavy atom. The number of thiophene rings is 1. The summed E-state index contributed by atoms with van der Waals surface area (Å²) in [5, 5.41) is 16.4. The van der Waals surface area contributed by atoms with Crippen LogP contribution >= 0.6 is 22.9 Å². The van der Waals surface area contributed by atoms with E-state index in [1.165, 1.54) is 41.8 Å². The number of carbonyl (C=O) groups is 1. The summed E-state index contributed by atoms with van der Waals surface area (Å²) in [7, 11) is 0. The number of hydrazone groups is 1. The van der Waals surface area contributed by atoms with Gasteiger partial charge in [0.15, 0.2) is 0 Å². The van der Waals surface area contributed by atoms with Gasteiger partial charge in [0.1, 0.15) is 10.7 Å². The van der Waals surface area contributed by atoms with Gasteiger partial charge >= 0.3 is 5.69 Å². The van der Waals surface area contributed by atoms with E-state index in [1.54, 1.807) is 6.07 Å². The van der Waals surface area contributed by atoms with E-state index >= 15 is 0 Å². The molecule has 3 aromatic rings. The van der Waals surface area contributed by atoms with Crippen molar-refractivity contribution in [1.82, 2.24) is 15.4 Å². The minimum absolute atomic E-state index is 0.00463. The Bertz CT molecular complexity index is 1090. The Morgan fingerprint density at radius 1 is 1.37 bits per heavy atom. The third-order valence-corrected chi connectivity index (χ3v) is 4.53. The number of carbonyl (C=O) groups excluding carboxylic acids is 1.